The summed E-state index contributed by atoms with van der Waals surface area (Å²) in [4.78, 5) is 37.8. The fourth-order valence-electron chi connectivity index (χ4n) is 3.09. The lowest BCUT2D eigenvalue weighted by molar-refractivity contribution is -0.119. The first-order chi connectivity index (χ1) is 13.3. The summed E-state index contributed by atoms with van der Waals surface area (Å²) in [5.41, 5.74) is 1.38. The molecule has 0 saturated heterocycles. The normalized spacial score (nSPS) is 15.8. The van der Waals surface area contributed by atoms with Crippen LogP contribution in [0.5, 0.6) is 0 Å². The fraction of sp³-hybridized carbons (Fsp3) is 0.450. The Labute approximate surface area is 167 Å². The zero-order valence-corrected chi connectivity index (χ0v) is 16.9. The number of nitrogens with one attached hydrogen (secondary N) is 1. The zero-order valence-electron chi connectivity index (χ0n) is 16.1. The molecule has 0 fully saturated rings. The van der Waals surface area contributed by atoms with Crippen molar-refractivity contribution in [2.45, 2.75) is 46.1 Å². The smallest absolute Gasteiger partial charge is 0.374 e. The average molecular weight is 405 g/mol. The van der Waals surface area contributed by atoms with Crippen molar-refractivity contribution in [2.24, 2.45) is 5.92 Å². The number of hydrogen-bond donors (Lipinski definition) is 1. The van der Waals surface area contributed by atoms with Gasteiger partial charge in [0.15, 0.2) is 6.61 Å². The van der Waals surface area contributed by atoms with Crippen molar-refractivity contribution in [1.82, 2.24) is 0 Å². The number of amides is 1. The lowest BCUT2D eigenvalue weighted by atomic mass is 9.88. The Morgan fingerprint density at radius 2 is 2.11 bits per heavy atom. The third-order valence-corrected chi connectivity index (χ3v) is 5.54. The van der Waals surface area contributed by atoms with Gasteiger partial charge in [-0.15, -0.1) is 11.3 Å². The van der Waals surface area contributed by atoms with E-state index in [4.69, 9.17) is 13.9 Å². The number of hydrogen-bond acceptors (Lipinski definition) is 7. The van der Waals surface area contributed by atoms with Crippen molar-refractivity contribution < 1.29 is 28.3 Å². The quantitative estimate of drug-likeness (QED) is 0.734. The SMILES string of the molecule is CC(C)OC(=O)c1c(NC(=O)COC(=O)c2ccco2)sc2c1CC[C@H](C)C2. The van der Waals surface area contributed by atoms with Crippen molar-refractivity contribution in [3.8, 4) is 0 Å². The predicted octanol–water partition coefficient (Wildman–Crippen LogP) is 3.83. The minimum absolute atomic E-state index is 0.0228. The van der Waals surface area contributed by atoms with E-state index in [-0.39, 0.29) is 11.9 Å². The molecule has 1 N–H and O–H groups in total. The average Bonchev–Trinajstić information content (AvgIpc) is 3.26. The van der Waals surface area contributed by atoms with E-state index < -0.39 is 24.5 Å². The van der Waals surface area contributed by atoms with Gasteiger partial charge in [0.1, 0.15) is 5.00 Å². The second kappa shape index (κ2) is 8.60. The minimum Gasteiger partial charge on any atom is -0.459 e. The number of ether oxygens (including phenoxy) is 2. The van der Waals surface area contributed by atoms with E-state index in [0.29, 0.717) is 16.5 Å². The van der Waals surface area contributed by atoms with Gasteiger partial charge in [0, 0.05) is 4.88 Å². The Hall–Kier alpha value is -2.61. The summed E-state index contributed by atoms with van der Waals surface area (Å²) in [5, 5.41) is 3.16. The van der Waals surface area contributed by atoms with Gasteiger partial charge in [-0.1, -0.05) is 6.92 Å². The van der Waals surface area contributed by atoms with Crippen molar-refractivity contribution in [3.63, 3.8) is 0 Å². The highest BCUT2D eigenvalue weighted by Gasteiger charge is 2.29. The molecule has 0 saturated carbocycles. The standard InChI is InChI=1S/C20H23NO6S/c1-11(2)27-20(24)17-13-7-6-12(3)9-15(13)28-18(17)21-16(22)10-26-19(23)14-5-4-8-25-14/h4-5,8,11-12H,6-7,9-10H2,1-3H3,(H,21,22)/t12-/m0/s1. The van der Waals surface area contributed by atoms with Crippen LogP contribution >= 0.6 is 11.3 Å². The van der Waals surface area contributed by atoms with E-state index >= 15 is 0 Å². The Morgan fingerprint density at radius 3 is 2.79 bits per heavy atom. The van der Waals surface area contributed by atoms with E-state index in [1.165, 1.54) is 23.7 Å². The van der Waals surface area contributed by atoms with Crippen LogP contribution in [0.2, 0.25) is 0 Å². The molecule has 0 aliphatic heterocycles. The summed E-state index contributed by atoms with van der Waals surface area (Å²) in [7, 11) is 0. The number of anilines is 1. The molecule has 0 spiro atoms. The highest BCUT2D eigenvalue weighted by atomic mass is 32.1. The molecule has 7 nitrogen and oxygen atoms in total. The van der Waals surface area contributed by atoms with Crippen molar-refractivity contribution in [2.75, 3.05) is 11.9 Å². The van der Waals surface area contributed by atoms with E-state index in [1.807, 2.05) is 0 Å². The van der Waals surface area contributed by atoms with E-state index in [2.05, 4.69) is 12.2 Å². The Kier molecular flexibility index (Phi) is 6.18. The van der Waals surface area contributed by atoms with Crippen molar-refractivity contribution in [3.05, 3.63) is 40.2 Å². The molecular weight excluding hydrogens is 382 g/mol. The van der Waals surface area contributed by atoms with Crippen molar-refractivity contribution >= 4 is 34.2 Å². The molecule has 0 unspecified atom stereocenters. The summed E-state index contributed by atoms with van der Waals surface area (Å²) in [5.74, 6) is -1.14. The molecule has 0 aromatic carbocycles. The first kappa shape index (κ1) is 20.1. The first-order valence-corrected chi connectivity index (χ1v) is 10.0. The zero-order chi connectivity index (χ0) is 20.3. The summed E-state index contributed by atoms with van der Waals surface area (Å²) in [6.45, 7) is 5.26. The third kappa shape index (κ3) is 4.62. The number of furan rings is 1. The summed E-state index contributed by atoms with van der Waals surface area (Å²) in [6.07, 6.45) is 3.72. The van der Waals surface area contributed by atoms with Crippen LogP contribution in [0.4, 0.5) is 5.00 Å². The first-order valence-electron chi connectivity index (χ1n) is 9.21. The number of rotatable bonds is 6. The lowest BCUT2D eigenvalue weighted by Gasteiger charge is -2.18. The minimum atomic E-state index is -0.723. The second-order valence-corrected chi connectivity index (χ2v) is 8.22. The van der Waals surface area contributed by atoms with Gasteiger partial charge in [0.25, 0.3) is 5.91 Å². The van der Waals surface area contributed by atoms with Crippen LogP contribution in [-0.2, 0) is 27.1 Å². The number of carbonyl (C=O) groups excluding carboxylic acids is 3. The van der Waals surface area contributed by atoms with Crippen LogP contribution in [0.1, 0.15) is 58.5 Å². The van der Waals surface area contributed by atoms with Gasteiger partial charge in [-0.2, -0.15) is 0 Å². The van der Waals surface area contributed by atoms with Crippen LogP contribution in [0.3, 0.4) is 0 Å². The molecule has 1 atom stereocenters. The maximum Gasteiger partial charge on any atom is 0.374 e. The summed E-state index contributed by atoms with van der Waals surface area (Å²) in [6, 6.07) is 3.01. The highest BCUT2D eigenvalue weighted by molar-refractivity contribution is 7.17. The molecule has 28 heavy (non-hydrogen) atoms. The molecule has 1 amide bonds. The summed E-state index contributed by atoms with van der Waals surface area (Å²) < 4.78 is 15.3. The van der Waals surface area contributed by atoms with E-state index in [9.17, 15) is 14.4 Å². The molecule has 2 heterocycles. The fourth-order valence-corrected chi connectivity index (χ4v) is 4.50. The number of fused-ring (bicyclic) bond motifs is 1. The largest absolute Gasteiger partial charge is 0.459 e. The maximum atomic E-state index is 12.6. The number of carbonyl (C=O) groups is 3. The van der Waals surface area contributed by atoms with Crippen LogP contribution in [0.25, 0.3) is 0 Å². The molecule has 1 aliphatic carbocycles. The molecule has 150 valence electrons. The molecular formula is C20H23NO6S. The van der Waals surface area contributed by atoms with Crippen molar-refractivity contribution in [1.29, 1.82) is 0 Å². The third-order valence-electron chi connectivity index (χ3n) is 4.37. The van der Waals surface area contributed by atoms with Crippen LogP contribution < -0.4 is 5.32 Å². The second-order valence-electron chi connectivity index (χ2n) is 7.11. The molecule has 2 aromatic rings. The topological polar surface area (TPSA) is 94.8 Å². The molecule has 0 radical (unpaired) electrons. The summed E-state index contributed by atoms with van der Waals surface area (Å²) >= 11 is 1.39. The van der Waals surface area contributed by atoms with Crippen LogP contribution in [0, 0.1) is 5.92 Å². The molecule has 0 bridgehead atoms. The van der Waals surface area contributed by atoms with Crippen LogP contribution in [-0.4, -0.2) is 30.6 Å². The van der Waals surface area contributed by atoms with Gasteiger partial charge in [-0.05, 0) is 56.7 Å². The number of esters is 2. The Morgan fingerprint density at radius 1 is 1.32 bits per heavy atom. The van der Waals surface area contributed by atoms with Gasteiger partial charge in [-0.3, -0.25) is 4.79 Å². The molecule has 2 aromatic heterocycles. The van der Waals surface area contributed by atoms with Gasteiger partial charge >= 0.3 is 11.9 Å². The Balaban J connectivity index is 1.74. The van der Waals surface area contributed by atoms with E-state index in [0.717, 1.165) is 29.7 Å². The van der Waals surface area contributed by atoms with Gasteiger partial charge in [-0.25, -0.2) is 9.59 Å². The molecule has 3 rings (SSSR count). The highest BCUT2D eigenvalue weighted by Crippen LogP contribution is 2.40. The monoisotopic (exact) mass is 405 g/mol. The molecule has 1 aliphatic rings. The number of thiophene rings is 1. The van der Waals surface area contributed by atoms with E-state index in [1.54, 1.807) is 19.9 Å². The molecule has 8 heteroatoms. The van der Waals surface area contributed by atoms with Crippen LogP contribution in [0.15, 0.2) is 22.8 Å². The van der Waals surface area contributed by atoms with Gasteiger partial charge < -0.3 is 19.2 Å². The van der Waals surface area contributed by atoms with Gasteiger partial charge in [0.2, 0.25) is 5.76 Å². The Bertz CT molecular complexity index is 868. The maximum absolute atomic E-state index is 12.6. The predicted molar refractivity (Wildman–Crippen MR) is 104 cm³/mol. The lowest BCUT2D eigenvalue weighted by Crippen LogP contribution is -2.22. The van der Waals surface area contributed by atoms with Gasteiger partial charge in [0.05, 0.1) is 17.9 Å².